The Hall–Kier alpha value is -0.870. The lowest BCUT2D eigenvalue weighted by Gasteiger charge is -2.14. The summed E-state index contributed by atoms with van der Waals surface area (Å²) in [4.78, 5) is 13.9. The number of carbonyl (C=O) groups excluding carboxylic acids is 1. The molecule has 1 aromatic heterocycles. The molecule has 3 nitrogen and oxygen atoms in total. The first-order valence-corrected chi connectivity index (χ1v) is 4.58. The quantitative estimate of drug-likeness (QED) is 0.750. The maximum Gasteiger partial charge on any atom is 0.236 e. The summed E-state index contributed by atoms with van der Waals surface area (Å²) in [7, 11) is 1.76. The van der Waals surface area contributed by atoms with Crippen LogP contribution in [0.25, 0.3) is 0 Å². The molecule has 0 saturated carbocycles. The van der Waals surface area contributed by atoms with E-state index in [0.717, 1.165) is 0 Å². The Kier molecular flexibility index (Phi) is 3.25. The molecule has 4 heteroatoms. The fourth-order valence-corrected chi connectivity index (χ4v) is 1.64. The maximum absolute atomic E-state index is 11.0. The van der Waals surface area contributed by atoms with E-state index < -0.39 is 0 Å². The summed E-state index contributed by atoms with van der Waals surface area (Å²) in [6, 6.07) is 3.98. The molecule has 0 aliphatic rings. The van der Waals surface area contributed by atoms with E-state index >= 15 is 0 Å². The van der Waals surface area contributed by atoms with Gasteiger partial charge in [0.25, 0.3) is 0 Å². The van der Waals surface area contributed by atoms with Gasteiger partial charge in [-0.05, 0) is 11.4 Å². The molecule has 0 spiro atoms. The fourth-order valence-electron chi connectivity index (χ4n) is 0.880. The van der Waals surface area contributed by atoms with E-state index in [-0.39, 0.29) is 12.5 Å². The number of likely N-dealkylation sites (N-methyl/N-ethyl adjacent to an activating group) is 1. The van der Waals surface area contributed by atoms with Crippen LogP contribution in [-0.2, 0) is 11.3 Å². The van der Waals surface area contributed by atoms with Gasteiger partial charge in [0.15, 0.2) is 0 Å². The molecule has 0 unspecified atom stereocenters. The highest BCUT2D eigenvalue weighted by Crippen LogP contribution is 2.10. The van der Waals surface area contributed by atoms with Crippen molar-refractivity contribution >= 4 is 17.2 Å². The highest BCUT2D eigenvalue weighted by Gasteiger charge is 2.06. The summed E-state index contributed by atoms with van der Waals surface area (Å²) in [5.41, 5.74) is 5.21. The molecule has 0 aromatic carbocycles. The summed E-state index contributed by atoms with van der Waals surface area (Å²) < 4.78 is 0. The smallest absolute Gasteiger partial charge is 0.236 e. The number of nitrogens with two attached hydrogens (primary N) is 1. The van der Waals surface area contributed by atoms with Gasteiger partial charge in [-0.2, -0.15) is 0 Å². The van der Waals surface area contributed by atoms with Gasteiger partial charge in [-0.1, -0.05) is 6.07 Å². The van der Waals surface area contributed by atoms with E-state index in [2.05, 4.69) is 0 Å². The molecule has 0 saturated heterocycles. The number of amides is 1. The van der Waals surface area contributed by atoms with E-state index in [4.69, 9.17) is 5.73 Å². The molecular weight excluding hydrogens is 172 g/mol. The lowest BCUT2D eigenvalue weighted by Crippen LogP contribution is -2.31. The van der Waals surface area contributed by atoms with Crippen LogP contribution in [0.4, 0.5) is 0 Å². The molecule has 1 rings (SSSR count). The monoisotopic (exact) mass is 184 g/mol. The van der Waals surface area contributed by atoms with Crippen molar-refractivity contribution in [3.05, 3.63) is 22.4 Å². The van der Waals surface area contributed by atoms with Crippen LogP contribution >= 0.6 is 11.3 Å². The largest absolute Gasteiger partial charge is 0.340 e. The molecule has 66 valence electrons. The first-order valence-electron chi connectivity index (χ1n) is 3.70. The van der Waals surface area contributed by atoms with E-state index in [1.165, 1.54) is 4.88 Å². The summed E-state index contributed by atoms with van der Waals surface area (Å²) in [5.74, 6) is -0.0246. The van der Waals surface area contributed by atoms with Crippen molar-refractivity contribution in [1.29, 1.82) is 0 Å². The summed E-state index contributed by atoms with van der Waals surface area (Å²) in [6.07, 6.45) is 0. The third-order valence-electron chi connectivity index (χ3n) is 1.57. The molecule has 1 aromatic rings. The zero-order valence-corrected chi connectivity index (χ0v) is 7.80. The molecule has 1 amide bonds. The first-order chi connectivity index (χ1) is 5.74. The van der Waals surface area contributed by atoms with Crippen molar-refractivity contribution in [1.82, 2.24) is 4.90 Å². The average Bonchev–Trinajstić information content (AvgIpc) is 2.55. The van der Waals surface area contributed by atoms with Crippen LogP contribution in [0.5, 0.6) is 0 Å². The Morgan fingerprint density at radius 2 is 2.50 bits per heavy atom. The van der Waals surface area contributed by atoms with Gasteiger partial charge in [0, 0.05) is 11.9 Å². The maximum atomic E-state index is 11.0. The minimum atomic E-state index is -0.0246. The minimum Gasteiger partial charge on any atom is -0.340 e. The second kappa shape index (κ2) is 4.23. The molecule has 0 radical (unpaired) electrons. The normalized spacial score (nSPS) is 9.83. The average molecular weight is 184 g/mol. The number of rotatable bonds is 3. The standard InChI is InChI=1S/C8H12N2OS/c1-10(8(11)5-9)6-7-3-2-4-12-7/h2-4H,5-6,9H2,1H3. The van der Waals surface area contributed by atoms with Crippen molar-refractivity contribution in [2.24, 2.45) is 5.73 Å². The van der Waals surface area contributed by atoms with Gasteiger partial charge < -0.3 is 10.6 Å². The lowest BCUT2D eigenvalue weighted by atomic mass is 10.4. The Labute approximate surface area is 75.8 Å². The Morgan fingerprint density at radius 1 is 1.75 bits per heavy atom. The van der Waals surface area contributed by atoms with E-state index in [0.29, 0.717) is 6.54 Å². The number of hydrogen-bond acceptors (Lipinski definition) is 3. The highest BCUT2D eigenvalue weighted by atomic mass is 32.1. The van der Waals surface area contributed by atoms with Crippen LogP contribution < -0.4 is 5.73 Å². The number of nitrogens with zero attached hydrogens (tertiary/aromatic N) is 1. The molecule has 0 aliphatic carbocycles. The van der Waals surface area contributed by atoms with Crippen molar-refractivity contribution in [2.45, 2.75) is 6.54 Å². The molecule has 0 fully saturated rings. The van der Waals surface area contributed by atoms with Crippen molar-refractivity contribution in [2.75, 3.05) is 13.6 Å². The van der Waals surface area contributed by atoms with Gasteiger partial charge in [0.2, 0.25) is 5.91 Å². The van der Waals surface area contributed by atoms with Crippen LogP contribution in [0.3, 0.4) is 0 Å². The number of thiophene rings is 1. The molecule has 1 heterocycles. The molecule has 0 bridgehead atoms. The predicted molar refractivity (Wildman–Crippen MR) is 49.8 cm³/mol. The lowest BCUT2D eigenvalue weighted by molar-refractivity contribution is -0.128. The minimum absolute atomic E-state index is 0.0246. The fraction of sp³-hybridized carbons (Fsp3) is 0.375. The van der Waals surface area contributed by atoms with Crippen LogP contribution in [0.15, 0.2) is 17.5 Å². The third-order valence-corrected chi connectivity index (χ3v) is 2.43. The van der Waals surface area contributed by atoms with Gasteiger partial charge in [0.1, 0.15) is 0 Å². The number of hydrogen-bond donors (Lipinski definition) is 1. The molecule has 0 atom stereocenters. The van der Waals surface area contributed by atoms with E-state index in [9.17, 15) is 4.79 Å². The van der Waals surface area contributed by atoms with Crippen LogP contribution in [0, 0.1) is 0 Å². The summed E-state index contributed by atoms with van der Waals surface area (Å²) in [5, 5.41) is 2.00. The summed E-state index contributed by atoms with van der Waals surface area (Å²) >= 11 is 1.64. The number of carbonyl (C=O) groups is 1. The molecule has 12 heavy (non-hydrogen) atoms. The van der Waals surface area contributed by atoms with Crippen LogP contribution in [0.2, 0.25) is 0 Å². The van der Waals surface area contributed by atoms with E-state index in [1.807, 2.05) is 17.5 Å². The Balaban J connectivity index is 2.47. The van der Waals surface area contributed by atoms with Crippen molar-refractivity contribution in [3.8, 4) is 0 Å². The predicted octanol–water partition coefficient (Wildman–Crippen LogP) is 0.665. The van der Waals surface area contributed by atoms with Crippen LogP contribution in [-0.4, -0.2) is 24.4 Å². The topological polar surface area (TPSA) is 46.3 Å². The van der Waals surface area contributed by atoms with Gasteiger partial charge >= 0.3 is 0 Å². The van der Waals surface area contributed by atoms with Crippen LogP contribution in [0.1, 0.15) is 4.88 Å². The highest BCUT2D eigenvalue weighted by molar-refractivity contribution is 7.09. The van der Waals surface area contributed by atoms with Crippen molar-refractivity contribution in [3.63, 3.8) is 0 Å². The molecule has 0 aliphatic heterocycles. The summed E-state index contributed by atoms with van der Waals surface area (Å²) in [6.45, 7) is 0.746. The zero-order valence-electron chi connectivity index (χ0n) is 6.99. The van der Waals surface area contributed by atoms with Crippen molar-refractivity contribution < 1.29 is 4.79 Å². The zero-order chi connectivity index (χ0) is 8.97. The van der Waals surface area contributed by atoms with E-state index in [1.54, 1.807) is 23.3 Å². The second-order valence-corrected chi connectivity index (χ2v) is 3.57. The van der Waals surface area contributed by atoms with Gasteiger partial charge in [-0.25, -0.2) is 0 Å². The molecular formula is C8H12N2OS. The van der Waals surface area contributed by atoms with Gasteiger partial charge in [-0.3, -0.25) is 4.79 Å². The van der Waals surface area contributed by atoms with Gasteiger partial charge in [-0.15, -0.1) is 11.3 Å². The molecule has 2 N–H and O–H groups in total. The van der Waals surface area contributed by atoms with Gasteiger partial charge in [0.05, 0.1) is 13.1 Å². The Bertz CT molecular complexity index is 246. The second-order valence-electron chi connectivity index (χ2n) is 2.53. The third kappa shape index (κ3) is 2.32. The Morgan fingerprint density at radius 3 is 3.00 bits per heavy atom. The SMILES string of the molecule is CN(Cc1cccs1)C(=O)CN. The first kappa shape index (κ1) is 9.22.